The minimum Gasteiger partial charge on any atom is -0.388 e. The van der Waals surface area contributed by atoms with Crippen LogP contribution in [0, 0.1) is 29.6 Å². The number of rotatable bonds is 1. The summed E-state index contributed by atoms with van der Waals surface area (Å²) in [5.41, 5.74) is 12.6. The van der Waals surface area contributed by atoms with Crippen molar-refractivity contribution in [2.75, 3.05) is 0 Å². The van der Waals surface area contributed by atoms with E-state index >= 15 is 0 Å². The third kappa shape index (κ3) is 3.86. The molecule has 2 rings (SSSR count). The third-order valence-corrected chi connectivity index (χ3v) is 2.37. The molecule has 0 amide bonds. The van der Waals surface area contributed by atoms with Crippen molar-refractivity contribution in [1.82, 2.24) is 15.4 Å². The lowest BCUT2D eigenvalue weighted by atomic mass is 10.1. The van der Waals surface area contributed by atoms with Crippen LogP contribution in [0.3, 0.4) is 0 Å². The lowest BCUT2D eigenvalue weighted by Gasteiger charge is -1.98. The van der Waals surface area contributed by atoms with E-state index in [4.69, 9.17) is 22.0 Å². The van der Waals surface area contributed by atoms with Crippen molar-refractivity contribution in [3.05, 3.63) is 47.4 Å². The average molecular weight is 267 g/mol. The maximum Gasteiger partial charge on any atom is 0.145 e. The summed E-state index contributed by atoms with van der Waals surface area (Å²) in [6.45, 7) is 2.06. The smallest absolute Gasteiger partial charge is 0.145 e. The van der Waals surface area contributed by atoms with Gasteiger partial charge in [-0.1, -0.05) is 29.5 Å². The zero-order valence-electron chi connectivity index (χ0n) is 10.8. The Kier molecular flexibility index (Phi) is 5.30. The standard InChI is InChI=1S/C9H9N3.C4H4N4/c1-7-4-2-3-5-8(7)9-6-10-12-11-9;5-1-3(7)4(8)2-6/h2-6H,1H3,(H,10,11,12);7-8H2/b;4-3-. The Morgan fingerprint density at radius 1 is 1.15 bits per heavy atom. The van der Waals surface area contributed by atoms with Crippen LogP contribution in [0.15, 0.2) is 41.9 Å². The van der Waals surface area contributed by atoms with E-state index in [1.807, 2.05) is 18.2 Å². The molecule has 0 radical (unpaired) electrons. The number of aryl methyl sites for hydroxylation is 1. The molecule has 5 N–H and O–H groups in total. The number of aromatic amines is 1. The van der Waals surface area contributed by atoms with Gasteiger partial charge in [-0.25, -0.2) is 0 Å². The van der Waals surface area contributed by atoms with Crippen LogP contribution < -0.4 is 11.5 Å². The Labute approximate surface area is 116 Å². The third-order valence-electron chi connectivity index (χ3n) is 2.37. The monoisotopic (exact) mass is 267 g/mol. The van der Waals surface area contributed by atoms with Gasteiger partial charge in [0, 0.05) is 11.8 Å². The van der Waals surface area contributed by atoms with E-state index in [2.05, 4.69) is 28.4 Å². The Balaban J connectivity index is 0.000000221. The SMILES string of the molecule is Cc1ccccc1-c1c[nH]nn1.N#C/C(N)=C(/N)C#N. The number of nitrogens with two attached hydrogens (primary N) is 2. The molecule has 0 aliphatic heterocycles. The molecule has 0 unspecified atom stereocenters. The molecule has 100 valence electrons. The van der Waals surface area contributed by atoms with Gasteiger partial charge in [0.05, 0.1) is 0 Å². The fraction of sp³-hybridized carbons (Fsp3) is 0.0769. The van der Waals surface area contributed by atoms with Crippen molar-refractivity contribution in [2.45, 2.75) is 6.92 Å². The highest BCUT2D eigenvalue weighted by Gasteiger charge is 2.01. The van der Waals surface area contributed by atoms with Crippen LogP contribution in [0.25, 0.3) is 11.3 Å². The molecule has 1 aromatic heterocycles. The molecule has 2 aromatic rings. The molecule has 0 aliphatic rings. The van der Waals surface area contributed by atoms with Crippen LogP contribution in [0.4, 0.5) is 0 Å². The largest absolute Gasteiger partial charge is 0.388 e. The highest BCUT2D eigenvalue weighted by Crippen LogP contribution is 2.18. The molecular formula is C13H13N7. The highest BCUT2D eigenvalue weighted by atomic mass is 15.3. The van der Waals surface area contributed by atoms with Crippen molar-refractivity contribution in [3.63, 3.8) is 0 Å². The first-order valence-corrected chi connectivity index (χ1v) is 5.58. The van der Waals surface area contributed by atoms with E-state index in [1.54, 1.807) is 6.20 Å². The Morgan fingerprint density at radius 3 is 2.20 bits per heavy atom. The molecule has 0 aliphatic carbocycles. The van der Waals surface area contributed by atoms with Gasteiger partial charge < -0.3 is 11.5 Å². The summed E-state index contributed by atoms with van der Waals surface area (Å²) < 4.78 is 0. The number of allylic oxidation sites excluding steroid dienone is 2. The zero-order chi connectivity index (χ0) is 15.0. The number of hydrogen-bond acceptors (Lipinski definition) is 6. The van der Waals surface area contributed by atoms with Crippen LogP contribution in [0.5, 0.6) is 0 Å². The van der Waals surface area contributed by atoms with Gasteiger partial charge >= 0.3 is 0 Å². The quantitative estimate of drug-likeness (QED) is 0.656. The molecule has 1 aromatic carbocycles. The normalized spacial score (nSPS) is 10.3. The second-order valence-corrected chi connectivity index (χ2v) is 3.72. The summed E-state index contributed by atoms with van der Waals surface area (Å²) in [4.78, 5) is 0. The molecule has 7 heteroatoms. The van der Waals surface area contributed by atoms with E-state index in [0.29, 0.717) is 0 Å². The number of H-pyrrole nitrogens is 1. The van der Waals surface area contributed by atoms with E-state index in [1.165, 1.54) is 17.7 Å². The highest BCUT2D eigenvalue weighted by molar-refractivity contribution is 5.61. The number of nitrogens with one attached hydrogen (secondary N) is 1. The second-order valence-electron chi connectivity index (χ2n) is 3.72. The van der Waals surface area contributed by atoms with E-state index in [-0.39, 0.29) is 11.4 Å². The molecule has 1 heterocycles. The molecule has 7 nitrogen and oxygen atoms in total. The van der Waals surface area contributed by atoms with Crippen LogP contribution >= 0.6 is 0 Å². The number of aromatic nitrogens is 3. The van der Waals surface area contributed by atoms with E-state index in [9.17, 15) is 0 Å². The molecule has 0 spiro atoms. The van der Waals surface area contributed by atoms with Crippen molar-refractivity contribution >= 4 is 0 Å². The van der Waals surface area contributed by atoms with Crippen molar-refractivity contribution < 1.29 is 0 Å². The van der Waals surface area contributed by atoms with Gasteiger partial charge in [0.2, 0.25) is 0 Å². The molecular weight excluding hydrogens is 254 g/mol. The van der Waals surface area contributed by atoms with Crippen molar-refractivity contribution in [3.8, 4) is 23.4 Å². The van der Waals surface area contributed by atoms with Gasteiger partial charge in [0.15, 0.2) is 0 Å². The molecule has 20 heavy (non-hydrogen) atoms. The first-order chi connectivity index (χ1) is 9.60. The summed E-state index contributed by atoms with van der Waals surface area (Å²) >= 11 is 0. The van der Waals surface area contributed by atoms with Gasteiger partial charge in [-0.3, -0.25) is 5.10 Å². The Morgan fingerprint density at radius 2 is 1.75 bits per heavy atom. The van der Waals surface area contributed by atoms with E-state index in [0.717, 1.165) is 11.3 Å². The lowest BCUT2D eigenvalue weighted by Crippen LogP contribution is -2.05. The Bertz CT molecular complexity index is 649. The lowest BCUT2D eigenvalue weighted by molar-refractivity contribution is 0.942. The van der Waals surface area contributed by atoms with Crippen LogP contribution in [0.2, 0.25) is 0 Å². The number of benzene rings is 1. The van der Waals surface area contributed by atoms with Crippen molar-refractivity contribution in [1.29, 1.82) is 10.5 Å². The number of nitriles is 2. The van der Waals surface area contributed by atoms with Crippen molar-refractivity contribution in [2.24, 2.45) is 11.5 Å². The average Bonchev–Trinajstić information content (AvgIpc) is 3.00. The molecule has 0 saturated carbocycles. The summed E-state index contributed by atoms with van der Waals surface area (Å²) in [5.74, 6) is 0. The second kappa shape index (κ2) is 7.19. The Hall–Kier alpha value is -3.32. The topological polar surface area (TPSA) is 141 Å². The fourth-order valence-corrected chi connectivity index (χ4v) is 1.31. The van der Waals surface area contributed by atoms with Gasteiger partial charge in [0.1, 0.15) is 29.2 Å². The predicted octanol–water partition coefficient (Wildman–Crippen LogP) is 0.943. The summed E-state index contributed by atoms with van der Waals surface area (Å²) in [7, 11) is 0. The van der Waals surface area contributed by atoms with Gasteiger partial charge in [-0.05, 0) is 12.5 Å². The maximum absolute atomic E-state index is 7.97. The summed E-state index contributed by atoms with van der Waals surface area (Å²) in [6.07, 6.45) is 1.79. The van der Waals surface area contributed by atoms with Crippen LogP contribution in [-0.4, -0.2) is 15.4 Å². The predicted molar refractivity (Wildman–Crippen MR) is 73.2 cm³/mol. The molecule has 0 fully saturated rings. The first-order valence-electron chi connectivity index (χ1n) is 5.58. The van der Waals surface area contributed by atoms with Crippen LogP contribution in [-0.2, 0) is 0 Å². The number of nitrogens with zero attached hydrogens (tertiary/aromatic N) is 4. The number of hydrogen-bond donors (Lipinski definition) is 3. The van der Waals surface area contributed by atoms with Gasteiger partial charge in [-0.15, -0.1) is 5.10 Å². The molecule has 0 bridgehead atoms. The van der Waals surface area contributed by atoms with Gasteiger partial charge in [0.25, 0.3) is 0 Å². The van der Waals surface area contributed by atoms with E-state index < -0.39 is 0 Å². The summed E-state index contributed by atoms with van der Waals surface area (Å²) in [6, 6.07) is 11.2. The van der Waals surface area contributed by atoms with Gasteiger partial charge in [-0.2, -0.15) is 10.5 Å². The minimum absolute atomic E-state index is 0.229. The zero-order valence-corrected chi connectivity index (χ0v) is 10.8. The maximum atomic E-state index is 7.97. The first kappa shape index (κ1) is 14.7. The fourth-order valence-electron chi connectivity index (χ4n) is 1.31. The van der Waals surface area contributed by atoms with Crippen LogP contribution in [0.1, 0.15) is 5.56 Å². The molecule has 0 saturated heterocycles. The summed E-state index contributed by atoms with van der Waals surface area (Å²) in [5, 5.41) is 26.2. The molecule has 0 atom stereocenters. The minimum atomic E-state index is -0.229.